The summed E-state index contributed by atoms with van der Waals surface area (Å²) >= 11 is 7.78. The van der Waals surface area contributed by atoms with Crippen LogP contribution in [0.15, 0.2) is 40.1 Å². The summed E-state index contributed by atoms with van der Waals surface area (Å²) in [5.41, 5.74) is 7.74. The van der Waals surface area contributed by atoms with Crippen molar-refractivity contribution in [1.82, 2.24) is 0 Å². The van der Waals surface area contributed by atoms with Gasteiger partial charge in [0.25, 0.3) is 0 Å². The van der Waals surface area contributed by atoms with Gasteiger partial charge in [-0.25, -0.2) is 0 Å². The van der Waals surface area contributed by atoms with Gasteiger partial charge in [-0.1, -0.05) is 23.4 Å². The molecule has 1 aliphatic heterocycles. The van der Waals surface area contributed by atoms with Gasteiger partial charge in [0.2, 0.25) is 0 Å². The van der Waals surface area contributed by atoms with Gasteiger partial charge in [0, 0.05) is 27.4 Å². The monoisotopic (exact) mass is 336 g/mol. The Morgan fingerprint density at radius 3 is 2.73 bits per heavy atom. The SMILES string of the molecule is COc1cc2c(cc1O)Sc1ccc(Cl)cc1N2CCCN. The molecule has 1 heterocycles. The van der Waals surface area contributed by atoms with Crippen molar-refractivity contribution in [3.63, 3.8) is 0 Å². The summed E-state index contributed by atoms with van der Waals surface area (Å²) in [6.45, 7) is 1.40. The van der Waals surface area contributed by atoms with Crippen molar-refractivity contribution < 1.29 is 9.84 Å². The summed E-state index contributed by atoms with van der Waals surface area (Å²) in [5, 5.41) is 10.7. The number of hydrogen-bond acceptors (Lipinski definition) is 5. The summed E-state index contributed by atoms with van der Waals surface area (Å²) in [5.74, 6) is 0.604. The molecule has 0 fully saturated rings. The number of hydrogen-bond donors (Lipinski definition) is 2. The lowest BCUT2D eigenvalue weighted by molar-refractivity contribution is 0.372. The third-order valence-corrected chi connectivity index (χ3v) is 4.92. The molecular weight excluding hydrogens is 320 g/mol. The van der Waals surface area contributed by atoms with Gasteiger partial charge < -0.3 is 20.5 Å². The number of nitrogens with two attached hydrogens (primary N) is 1. The largest absolute Gasteiger partial charge is 0.504 e. The van der Waals surface area contributed by atoms with Crippen LogP contribution in [0.25, 0.3) is 0 Å². The fourth-order valence-electron chi connectivity index (χ4n) is 2.52. The molecule has 0 saturated carbocycles. The molecule has 0 radical (unpaired) electrons. The Hall–Kier alpha value is -1.56. The standard InChI is InChI=1S/C16H17ClN2O2S/c1-21-14-8-12-16(9-13(14)20)22-15-4-3-10(17)7-11(15)19(12)6-2-5-18/h3-4,7-9,20H,2,5-6,18H2,1H3. The third-order valence-electron chi connectivity index (χ3n) is 3.57. The van der Waals surface area contributed by atoms with Crippen LogP contribution in [-0.4, -0.2) is 25.3 Å². The summed E-state index contributed by atoms with van der Waals surface area (Å²) < 4.78 is 5.24. The van der Waals surface area contributed by atoms with Crippen molar-refractivity contribution in [2.24, 2.45) is 5.73 Å². The minimum atomic E-state index is 0.143. The lowest BCUT2D eigenvalue weighted by Gasteiger charge is -2.33. The highest BCUT2D eigenvalue weighted by atomic mass is 35.5. The molecule has 4 nitrogen and oxygen atoms in total. The van der Waals surface area contributed by atoms with E-state index in [0.717, 1.165) is 34.1 Å². The highest BCUT2D eigenvalue weighted by Crippen LogP contribution is 2.51. The second kappa shape index (κ2) is 6.28. The van der Waals surface area contributed by atoms with Gasteiger partial charge in [-0.3, -0.25) is 0 Å². The molecule has 0 bridgehead atoms. The number of aromatic hydroxyl groups is 1. The van der Waals surface area contributed by atoms with Gasteiger partial charge in [0.15, 0.2) is 11.5 Å². The Bertz CT molecular complexity index is 709. The lowest BCUT2D eigenvalue weighted by Crippen LogP contribution is -2.23. The Labute approximate surface area is 138 Å². The third kappa shape index (κ3) is 2.72. The van der Waals surface area contributed by atoms with Crippen molar-refractivity contribution in [3.8, 4) is 11.5 Å². The first kappa shape index (κ1) is 15.3. The molecule has 0 aliphatic carbocycles. The molecule has 3 rings (SSSR count). The van der Waals surface area contributed by atoms with Gasteiger partial charge in [-0.05, 0) is 37.2 Å². The van der Waals surface area contributed by atoms with E-state index in [4.69, 9.17) is 22.1 Å². The van der Waals surface area contributed by atoms with Crippen LogP contribution in [0.5, 0.6) is 11.5 Å². The van der Waals surface area contributed by atoms with Crippen LogP contribution in [0.1, 0.15) is 6.42 Å². The zero-order valence-electron chi connectivity index (χ0n) is 12.2. The number of fused-ring (bicyclic) bond motifs is 2. The quantitative estimate of drug-likeness (QED) is 0.883. The first-order valence-electron chi connectivity index (χ1n) is 7.00. The predicted octanol–water partition coefficient (Wildman–Crippen LogP) is 4.01. The lowest BCUT2D eigenvalue weighted by atomic mass is 10.2. The van der Waals surface area contributed by atoms with Crippen molar-refractivity contribution in [3.05, 3.63) is 35.4 Å². The van der Waals surface area contributed by atoms with E-state index in [1.165, 1.54) is 0 Å². The maximum Gasteiger partial charge on any atom is 0.162 e. The number of anilines is 2. The summed E-state index contributed by atoms with van der Waals surface area (Å²) in [6.07, 6.45) is 0.860. The number of phenolic OH excluding ortho intramolecular Hbond substituents is 1. The van der Waals surface area contributed by atoms with E-state index in [1.807, 2.05) is 24.3 Å². The molecule has 1 aliphatic rings. The highest BCUT2D eigenvalue weighted by Gasteiger charge is 2.25. The number of benzene rings is 2. The molecule has 0 atom stereocenters. The van der Waals surface area contributed by atoms with Gasteiger partial charge in [0.05, 0.1) is 18.5 Å². The van der Waals surface area contributed by atoms with E-state index in [2.05, 4.69) is 4.90 Å². The number of nitrogens with zero attached hydrogens (tertiary/aromatic N) is 1. The Kier molecular flexibility index (Phi) is 4.38. The number of ether oxygens (including phenoxy) is 1. The molecule has 3 N–H and O–H groups in total. The van der Waals surface area contributed by atoms with E-state index >= 15 is 0 Å². The van der Waals surface area contributed by atoms with Gasteiger partial charge in [-0.2, -0.15) is 0 Å². The molecular formula is C16H17ClN2O2S. The zero-order chi connectivity index (χ0) is 15.7. The van der Waals surface area contributed by atoms with Crippen LogP contribution >= 0.6 is 23.4 Å². The first-order chi connectivity index (χ1) is 10.6. The molecule has 2 aromatic carbocycles. The van der Waals surface area contributed by atoms with Gasteiger partial charge in [0.1, 0.15) is 0 Å². The number of methoxy groups -OCH3 is 1. The first-order valence-corrected chi connectivity index (χ1v) is 8.19. The van der Waals surface area contributed by atoms with Crippen molar-refractivity contribution in [2.45, 2.75) is 16.2 Å². The second-order valence-electron chi connectivity index (χ2n) is 5.00. The van der Waals surface area contributed by atoms with Crippen LogP contribution in [0.3, 0.4) is 0 Å². The number of phenols is 1. The average molecular weight is 337 g/mol. The van der Waals surface area contributed by atoms with E-state index in [1.54, 1.807) is 24.9 Å². The molecule has 6 heteroatoms. The zero-order valence-corrected chi connectivity index (χ0v) is 13.7. The predicted molar refractivity (Wildman–Crippen MR) is 90.9 cm³/mol. The molecule has 22 heavy (non-hydrogen) atoms. The van der Waals surface area contributed by atoms with Crippen molar-refractivity contribution >= 4 is 34.7 Å². The normalized spacial score (nSPS) is 12.8. The minimum Gasteiger partial charge on any atom is -0.504 e. The average Bonchev–Trinajstić information content (AvgIpc) is 2.51. The van der Waals surface area contributed by atoms with Crippen LogP contribution < -0.4 is 15.4 Å². The highest BCUT2D eigenvalue weighted by molar-refractivity contribution is 7.99. The molecule has 0 amide bonds. The minimum absolute atomic E-state index is 0.143. The molecule has 2 aromatic rings. The maximum atomic E-state index is 10.0. The van der Waals surface area contributed by atoms with Crippen LogP contribution in [0.2, 0.25) is 5.02 Å². The van der Waals surface area contributed by atoms with Gasteiger partial charge >= 0.3 is 0 Å². The summed E-state index contributed by atoms with van der Waals surface area (Å²) in [4.78, 5) is 4.28. The fraction of sp³-hybridized carbons (Fsp3) is 0.250. The van der Waals surface area contributed by atoms with Gasteiger partial charge in [-0.15, -0.1) is 0 Å². The van der Waals surface area contributed by atoms with Crippen LogP contribution in [-0.2, 0) is 0 Å². The van der Waals surface area contributed by atoms with E-state index in [9.17, 15) is 5.11 Å². The Morgan fingerprint density at radius 2 is 2.00 bits per heavy atom. The Balaban J connectivity index is 2.12. The van der Waals surface area contributed by atoms with Crippen LogP contribution in [0.4, 0.5) is 11.4 Å². The number of rotatable bonds is 4. The molecule has 0 saturated heterocycles. The smallest absolute Gasteiger partial charge is 0.162 e. The molecule has 0 unspecified atom stereocenters. The fourth-order valence-corrected chi connectivity index (χ4v) is 3.78. The Morgan fingerprint density at radius 1 is 1.23 bits per heavy atom. The topological polar surface area (TPSA) is 58.7 Å². The summed E-state index contributed by atoms with van der Waals surface area (Å²) in [7, 11) is 1.55. The van der Waals surface area contributed by atoms with Crippen molar-refractivity contribution in [1.29, 1.82) is 0 Å². The molecule has 0 aromatic heterocycles. The number of halogens is 1. The van der Waals surface area contributed by atoms with E-state index in [0.29, 0.717) is 17.3 Å². The maximum absolute atomic E-state index is 10.0. The van der Waals surface area contributed by atoms with E-state index in [-0.39, 0.29) is 5.75 Å². The van der Waals surface area contributed by atoms with E-state index < -0.39 is 0 Å². The van der Waals surface area contributed by atoms with Crippen molar-refractivity contribution in [2.75, 3.05) is 25.1 Å². The van der Waals surface area contributed by atoms with Crippen LogP contribution in [0, 0.1) is 0 Å². The second-order valence-corrected chi connectivity index (χ2v) is 6.52. The summed E-state index contributed by atoms with van der Waals surface area (Å²) in [6, 6.07) is 9.44. The molecule has 116 valence electrons. The molecule has 0 spiro atoms.